The summed E-state index contributed by atoms with van der Waals surface area (Å²) in [5.74, 6) is -0.0233. The van der Waals surface area contributed by atoms with Crippen LogP contribution in [0.2, 0.25) is 0 Å². The van der Waals surface area contributed by atoms with E-state index in [1.807, 2.05) is 0 Å². The number of carboxylic acid groups (broad SMARTS) is 1. The maximum atomic E-state index is 11.6. The van der Waals surface area contributed by atoms with Gasteiger partial charge < -0.3 is 14.6 Å². The van der Waals surface area contributed by atoms with Gasteiger partial charge in [0.15, 0.2) is 17.1 Å². The van der Waals surface area contributed by atoms with Crippen molar-refractivity contribution in [2.75, 3.05) is 14.2 Å². The lowest BCUT2D eigenvalue weighted by atomic mass is 10.1. The quantitative estimate of drug-likeness (QED) is 0.794. The number of ether oxygens (including phenoxy) is 2. The van der Waals surface area contributed by atoms with Crippen LogP contribution in [0.25, 0.3) is 16.9 Å². The molecule has 2 aromatic heterocycles. The van der Waals surface area contributed by atoms with Gasteiger partial charge in [-0.3, -0.25) is 0 Å². The molecule has 0 spiro atoms. The van der Waals surface area contributed by atoms with Crippen molar-refractivity contribution in [3.63, 3.8) is 0 Å². The monoisotopic (exact) mass is 299 g/mol. The largest absolute Gasteiger partial charge is 0.493 e. The van der Waals surface area contributed by atoms with Gasteiger partial charge >= 0.3 is 5.97 Å². The molecule has 7 heteroatoms. The number of hydrogen-bond acceptors (Lipinski definition) is 5. The van der Waals surface area contributed by atoms with Gasteiger partial charge in [0, 0.05) is 18.0 Å². The highest BCUT2D eigenvalue weighted by Crippen LogP contribution is 2.33. The average Bonchev–Trinajstić information content (AvgIpc) is 2.93. The maximum absolute atomic E-state index is 11.6. The zero-order chi connectivity index (χ0) is 15.7. The van der Waals surface area contributed by atoms with Crippen LogP contribution < -0.4 is 9.47 Å². The predicted octanol–water partition coefficient (Wildman–Crippen LogP) is 2.11. The number of aromatic nitrogens is 3. The summed E-state index contributed by atoms with van der Waals surface area (Å²) in [4.78, 5) is 15.7. The molecule has 22 heavy (non-hydrogen) atoms. The van der Waals surface area contributed by atoms with Crippen molar-refractivity contribution in [2.45, 2.75) is 0 Å². The second-order valence-corrected chi connectivity index (χ2v) is 4.49. The Morgan fingerprint density at radius 2 is 2.00 bits per heavy atom. The van der Waals surface area contributed by atoms with Gasteiger partial charge in [-0.15, -0.1) is 0 Å². The summed E-state index contributed by atoms with van der Waals surface area (Å²) < 4.78 is 11.9. The van der Waals surface area contributed by atoms with Crippen LogP contribution in [0.5, 0.6) is 11.5 Å². The number of aromatic carboxylic acids is 1. The molecule has 2 heterocycles. The van der Waals surface area contributed by atoms with Crippen LogP contribution in [-0.4, -0.2) is 39.9 Å². The van der Waals surface area contributed by atoms with Gasteiger partial charge in [0.05, 0.1) is 14.2 Å². The molecule has 0 radical (unpaired) electrons. The summed E-state index contributed by atoms with van der Waals surface area (Å²) in [6, 6.07) is 6.81. The molecule has 0 fully saturated rings. The van der Waals surface area contributed by atoms with Crippen LogP contribution in [0.15, 0.2) is 36.7 Å². The maximum Gasteiger partial charge on any atom is 0.341 e. The fourth-order valence-corrected chi connectivity index (χ4v) is 2.27. The molecule has 0 amide bonds. The lowest BCUT2D eigenvalue weighted by molar-refractivity contribution is 0.0699. The van der Waals surface area contributed by atoms with E-state index >= 15 is 0 Å². The third-order valence-electron chi connectivity index (χ3n) is 3.27. The van der Waals surface area contributed by atoms with Gasteiger partial charge in [-0.25, -0.2) is 14.3 Å². The highest BCUT2D eigenvalue weighted by molar-refractivity contribution is 6.01. The van der Waals surface area contributed by atoms with Crippen molar-refractivity contribution >= 4 is 11.6 Å². The minimum absolute atomic E-state index is 0.0489. The minimum atomic E-state index is -1.08. The Morgan fingerprint density at radius 1 is 1.23 bits per heavy atom. The summed E-state index contributed by atoms with van der Waals surface area (Å²) in [5, 5.41) is 13.8. The predicted molar refractivity (Wildman–Crippen MR) is 78.5 cm³/mol. The van der Waals surface area contributed by atoms with E-state index in [2.05, 4.69) is 10.1 Å². The molecule has 0 bridgehead atoms. The van der Waals surface area contributed by atoms with E-state index in [-0.39, 0.29) is 5.56 Å². The molecule has 0 aliphatic carbocycles. The molecular weight excluding hydrogens is 286 g/mol. The van der Waals surface area contributed by atoms with Gasteiger partial charge in [-0.05, 0) is 24.3 Å². The van der Waals surface area contributed by atoms with Crippen molar-refractivity contribution in [3.05, 3.63) is 42.2 Å². The molecule has 7 nitrogen and oxygen atoms in total. The molecule has 0 unspecified atom stereocenters. The molecule has 0 aliphatic heterocycles. The number of benzene rings is 1. The third-order valence-corrected chi connectivity index (χ3v) is 3.27. The van der Waals surface area contributed by atoms with E-state index < -0.39 is 5.97 Å². The van der Waals surface area contributed by atoms with Crippen molar-refractivity contribution in [1.82, 2.24) is 14.6 Å². The van der Waals surface area contributed by atoms with Gasteiger partial charge in [0.1, 0.15) is 11.3 Å². The van der Waals surface area contributed by atoms with Crippen LogP contribution >= 0.6 is 0 Å². The zero-order valence-electron chi connectivity index (χ0n) is 12.0. The smallest absolute Gasteiger partial charge is 0.341 e. The van der Waals surface area contributed by atoms with E-state index in [1.165, 1.54) is 24.9 Å². The fraction of sp³-hybridized carbons (Fsp3) is 0.133. The van der Waals surface area contributed by atoms with E-state index in [0.29, 0.717) is 28.4 Å². The molecule has 3 rings (SSSR count). The molecule has 0 aliphatic rings. The first kappa shape index (κ1) is 13.9. The Balaban J connectivity index is 2.26. The standard InChI is InChI=1S/C15H13N3O4/c1-21-10-5-4-9(8-11(10)22-2)13-12(15(19)20)14-16-6-3-7-18(14)17-13/h3-8H,1-2H3,(H,19,20). The van der Waals surface area contributed by atoms with Crippen molar-refractivity contribution in [3.8, 4) is 22.8 Å². The summed E-state index contributed by atoms with van der Waals surface area (Å²) in [6.07, 6.45) is 3.18. The average molecular weight is 299 g/mol. The van der Waals surface area contributed by atoms with Crippen LogP contribution in [0.4, 0.5) is 0 Å². The zero-order valence-corrected chi connectivity index (χ0v) is 12.0. The number of hydrogen-bond donors (Lipinski definition) is 1. The number of nitrogens with zero attached hydrogens (tertiary/aromatic N) is 3. The highest BCUT2D eigenvalue weighted by atomic mass is 16.5. The number of methoxy groups -OCH3 is 2. The molecular formula is C15H13N3O4. The lowest BCUT2D eigenvalue weighted by Gasteiger charge is -2.08. The highest BCUT2D eigenvalue weighted by Gasteiger charge is 2.22. The second kappa shape index (κ2) is 5.36. The Labute approximate surface area is 125 Å². The Hall–Kier alpha value is -3.09. The van der Waals surface area contributed by atoms with E-state index in [4.69, 9.17) is 9.47 Å². The minimum Gasteiger partial charge on any atom is -0.493 e. The molecule has 0 saturated heterocycles. The van der Waals surface area contributed by atoms with Crippen molar-refractivity contribution in [1.29, 1.82) is 0 Å². The Bertz CT molecular complexity index is 857. The molecule has 1 N–H and O–H groups in total. The first-order valence-electron chi connectivity index (χ1n) is 6.44. The summed E-state index contributed by atoms with van der Waals surface area (Å²) >= 11 is 0. The van der Waals surface area contributed by atoms with Crippen LogP contribution in [-0.2, 0) is 0 Å². The normalized spacial score (nSPS) is 10.6. The molecule has 0 atom stereocenters. The summed E-state index contributed by atoms with van der Waals surface area (Å²) in [6.45, 7) is 0. The number of rotatable bonds is 4. The lowest BCUT2D eigenvalue weighted by Crippen LogP contribution is -1.99. The first-order chi connectivity index (χ1) is 10.7. The van der Waals surface area contributed by atoms with Crippen LogP contribution in [0.3, 0.4) is 0 Å². The third kappa shape index (κ3) is 2.12. The molecule has 1 aromatic carbocycles. The van der Waals surface area contributed by atoms with Crippen molar-refractivity contribution in [2.24, 2.45) is 0 Å². The second-order valence-electron chi connectivity index (χ2n) is 4.49. The molecule has 3 aromatic rings. The van der Waals surface area contributed by atoms with Crippen LogP contribution in [0, 0.1) is 0 Å². The first-order valence-corrected chi connectivity index (χ1v) is 6.44. The molecule has 112 valence electrons. The Morgan fingerprint density at radius 3 is 2.68 bits per heavy atom. The number of carbonyl (C=O) groups is 1. The summed E-state index contributed by atoms with van der Waals surface area (Å²) in [7, 11) is 3.06. The Kier molecular flexibility index (Phi) is 3.38. The van der Waals surface area contributed by atoms with Crippen LogP contribution in [0.1, 0.15) is 10.4 Å². The van der Waals surface area contributed by atoms with Gasteiger partial charge in [-0.1, -0.05) is 0 Å². The number of carboxylic acids is 1. The topological polar surface area (TPSA) is 86.0 Å². The number of fused-ring (bicyclic) bond motifs is 1. The van der Waals surface area contributed by atoms with Gasteiger partial charge in [0.2, 0.25) is 0 Å². The van der Waals surface area contributed by atoms with E-state index in [9.17, 15) is 9.90 Å². The fourth-order valence-electron chi connectivity index (χ4n) is 2.27. The van der Waals surface area contributed by atoms with Crippen molar-refractivity contribution < 1.29 is 19.4 Å². The SMILES string of the molecule is COc1ccc(-c2nn3cccnc3c2C(=O)O)cc1OC. The van der Waals surface area contributed by atoms with Gasteiger partial charge in [-0.2, -0.15) is 5.10 Å². The van der Waals surface area contributed by atoms with Gasteiger partial charge in [0.25, 0.3) is 0 Å². The van der Waals surface area contributed by atoms with E-state index in [1.54, 1.807) is 30.5 Å². The summed E-state index contributed by atoms with van der Waals surface area (Å²) in [5.41, 5.74) is 1.28. The molecule has 0 saturated carbocycles. The van der Waals surface area contributed by atoms with E-state index in [0.717, 1.165) is 0 Å².